The molecule has 22 heavy (non-hydrogen) atoms. The molecule has 0 saturated carbocycles. The van der Waals surface area contributed by atoms with Gasteiger partial charge in [-0.15, -0.1) is 0 Å². The summed E-state index contributed by atoms with van der Waals surface area (Å²) in [6.45, 7) is 14.1. The third kappa shape index (κ3) is 5.15. The minimum absolute atomic E-state index is 0.0134. The van der Waals surface area contributed by atoms with E-state index < -0.39 is 11.0 Å². The van der Waals surface area contributed by atoms with E-state index in [2.05, 4.69) is 24.9 Å². The number of hydrogen-bond donors (Lipinski definition) is 0. The summed E-state index contributed by atoms with van der Waals surface area (Å²) in [5, 5.41) is -0.0134. The molecule has 1 aromatic heterocycles. The maximum Gasteiger partial charge on any atom is 0.311 e. The average Bonchev–Trinajstić information content (AvgIpc) is 2.44. The van der Waals surface area contributed by atoms with Crippen LogP contribution in [0.25, 0.3) is 0 Å². The molecule has 0 bridgehead atoms. The summed E-state index contributed by atoms with van der Waals surface area (Å²) in [6, 6.07) is 6.03. The van der Waals surface area contributed by atoms with Crippen molar-refractivity contribution < 1.29 is 9.53 Å². The molecule has 1 unspecified atom stereocenters. The van der Waals surface area contributed by atoms with Gasteiger partial charge in [0.05, 0.1) is 5.41 Å². The summed E-state index contributed by atoms with van der Waals surface area (Å²) in [7, 11) is 0.909. The van der Waals surface area contributed by atoms with Crippen molar-refractivity contribution in [2.75, 3.05) is 0 Å². The minimum Gasteiger partial charge on any atom is -0.460 e. The molecule has 0 N–H and O–H groups in total. The maximum absolute atomic E-state index is 12.4. The molecule has 1 heterocycles. The van der Waals surface area contributed by atoms with Gasteiger partial charge in [0.2, 0.25) is 0 Å². The van der Waals surface area contributed by atoms with Crippen molar-refractivity contribution in [3.05, 3.63) is 30.1 Å². The second kappa shape index (κ2) is 6.85. The predicted octanol–water partition coefficient (Wildman–Crippen LogP) is 3.93. The van der Waals surface area contributed by atoms with E-state index in [1.54, 1.807) is 0 Å². The Kier molecular flexibility index (Phi) is 5.83. The fourth-order valence-electron chi connectivity index (χ4n) is 2.31. The number of rotatable bonds is 6. The van der Waals surface area contributed by atoms with Crippen molar-refractivity contribution in [1.82, 2.24) is 4.98 Å². The Morgan fingerprint density at radius 1 is 1.18 bits per heavy atom. The zero-order valence-electron chi connectivity index (χ0n) is 15.2. The SMILES string of the molecule is CCC(C)(BCC(C)(C)C(=O)OC(C)(C)C)c1ccccn1. The molecule has 0 radical (unpaired) electrons. The summed E-state index contributed by atoms with van der Waals surface area (Å²) >= 11 is 0. The largest absolute Gasteiger partial charge is 0.460 e. The summed E-state index contributed by atoms with van der Waals surface area (Å²) < 4.78 is 5.55. The van der Waals surface area contributed by atoms with Crippen molar-refractivity contribution in [2.24, 2.45) is 5.41 Å². The van der Waals surface area contributed by atoms with E-state index in [1.165, 1.54) is 0 Å². The molecule has 1 aromatic rings. The Bertz CT molecular complexity index is 494. The van der Waals surface area contributed by atoms with Gasteiger partial charge in [0, 0.05) is 11.9 Å². The first-order valence-electron chi connectivity index (χ1n) is 8.15. The van der Waals surface area contributed by atoms with Crippen LogP contribution in [0.5, 0.6) is 0 Å². The Hall–Kier alpha value is -1.32. The Morgan fingerprint density at radius 3 is 2.27 bits per heavy atom. The highest BCUT2D eigenvalue weighted by molar-refractivity contribution is 6.40. The van der Waals surface area contributed by atoms with E-state index in [-0.39, 0.29) is 11.3 Å². The van der Waals surface area contributed by atoms with Crippen LogP contribution in [0.3, 0.4) is 0 Å². The van der Waals surface area contributed by atoms with Gasteiger partial charge < -0.3 is 4.74 Å². The molecule has 0 aliphatic carbocycles. The first kappa shape index (κ1) is 18.7. The van der Waals surface area contributed by atoms with Crippen LogP contribution in [-0.2, 0) is 14.8 Å². The number of ether oxygens (including phenoxy) is 1. The van der Waals surface area contributed by atoms with Gasteiger partial charge in [-0.25, -0.2) is 0 Å². The van der Waals surface area contributed by atoms with Crippen LogP contribution in [0, 0.1) is 5.41 Å². The van der Waals surface area contributed by atoms with E-state index in [1.807, 2.05) is 52.9 Å². The second-order valence-electron chi connectivity index (χ2n) is 8.01. The molecule has 0 aliphatic heterocycles. The van der Waals surface area contributed by atoms with Crippen molar-refractivity contribution in [2.45, 2.75) is 72.1 Å². The standard InChI is InChI=1S/C18H30BNO2/c1-8-18(7,14-11-9-10-12-20-14)19-13-17(5,6)15(21)22-16(2,3)4/h9-12,19H,8,13H2,1-7H3. The Morgan fingerprint density at radius 2 is 1.82 bits per heavy atom. The minimum atomic E-state index is -0.488. The maximum atomic E-state index is 12.4. The normalized spacial score (nSPS) is 15.0. The third-order valence-corrected chi connectivity index (χ3v) is 4.32. The number of aromatic nitrogens is 1. The molecule has 0 fully saturated rings. The first-order valence-corrected chi connectivity index (χ1v) is 8.15. The van der Waals surface area contributed by atoms with Gasteiger partial charge in [-0.1, -0.05) is 46.5 Å². The number of pyridine rings is 1. The molecule has 0 saturated heterocycles. The number of hydrogen-bond acceptors (Lipinski definition) is 3. The zero-order valence-corrected chi connectivity index (χ0v) is 15.2. The molecule has 1 rings (SSSR count). The van der Waals surface area contributed by atoms with Crippen LogP contribution in [-0.4, -0.2) is 23.8 Å². The molecule has 0 aromatic carbocycles. The van der Waals surface area contributed by atoms with Gasteiger partial charge in [-0.2, -0.15) is 0 Å². The van der Waals surface area contributed by atoms with Crippen LogP contribution >= 0.6 is 0 Å². The molecule has 4 heteroatoms. The third-order valence-electron chi connectivity index (χ3n) is 4.32. The van der Waals surface area contributed by atoms with Gasteiger partial charge in [0.1, 0.15) is 12.9 Å². The van der Waals surface area contributed by atoms with E-state index in [0.29, 0.717) is 0 Å². The number of nitrogens with zero attached hydrogens (tertiary/aromatic N) is 1. The highest BCUT2D eigenvalue weighted by Crippen LogP contribution is 2.32. The number of esters is 1. The van der Waals surface area contributed by atoms with Gasteiger partial charge in [-0.3, -0.25) is 9.78 Å². The van der Waals surface area contributed by atoms with Gasteiger partial charge in [0.15, 0.2) is 0 Å². The van der Waals surface area contributed by atoms with Gasteiger partial charge in [-0.05, 0) is 38.2 Å². The van der Waals surface area contributed by atoms with Crippen LogP contribution in [0.1, 0.15) is 60.6 Å². The van der Waals surface area contributed by atoms with Gasteiger partial charge >= 0.3 is 5.97 Å². The van der Waals surface area contributed by atoms with E-state index >= 15 is 0 Å². The number of carbonyl (C=O) groups is 1. The van der Waals surface area contributed by atoms with Crippen LogP contribution < -0.4 is 0 Å². The monoisotopic (exact) mass is 303 g/mol. The Labute approximate surface area is 136 Å². The van der Waals surface area contributed by atoms with E-state index in [9.17, 15) is 4.79 Å². The summed E-state index contributed by atoms with van der Waals surface area (Å²) in [6.07, 6.45) is 3.61. The molecule has 3 nitrogen and oxygen atoms in total. The lowest BCUT2D eigenvalue weighted by Gasteiger charge is -2.32. The topological polar surface area (TPSA) is 39.2 Å². The van der Waals surface area contributed by atoms with Crippen molar-refractivity contribution in [1.29, 1.82) is 0 Å². The van der Waals surface area contributed by atoms with Crippen LogP contribution in [0.15, 0.2) is 24.4 Å². The fraction of sp³-hybridized carbons (Fsp3) is 0.667. The smallest absolute Gasteiger partial charge is 0.311 e. The Balaban J connectivity index is 2.79. The van der Waals surface area contributed by atoms with E-state index in [4.69, 9.17) is 4.74 Å². The van der Waals surface area contributed by atoms with Crippen LogP contribution in [0.2, 0.25) is 6.32 Å². The zero-order chi connectivity index (χ0) is 17.0. The molecule has 0 spiro atoms. The lowest BCUT2D eigenvalue weighted by molar-refractivity contribution is -0.164. The van der Waals surface area contributed by atoms with Crippen LogP contribution in [0.4, 0.5) is 0 Å². The summed E-state index contributed by atoms with van der Waals surface area (Å²) in [4.78, 5) is 16.9. The lowest BCUT2D eigenvalue weighted by atomic mass is 9.45. The molecule has 122 valence electrons. The lowest BCUT2D eigenvalue weighted by Crippen LogP contribution is -2.38. The second-order valence-corrected chi connectivity index (χ2v) is 8.01. The average molecular weight is 303 g/mol. The predicted molar refractivity (Wildman–Crippen MR) is 93.5 cm³/mol. The quantitative estimate of drug-likeness (QED) is 0.590. The molecular formula is C18H30BNO2. The van der Waals surface area contributed by atoms with Gasteiger partial charge in [0.25, 0.3) is 0 Å². The highest BCUT2D eigenvalue weighted by atomic mass is 16.6. The first-order chi connectivity index (χ1) is 10.0. The molecule has 1 atom stereocenters. The summed E-state index contributed by atoms with van der Waals surface area (Å²) in [5.41, 5.74) is 0.166. The van der Waals surface area contributed by atoms with E-state index in [0.717, 1.165) is 25.7 Å². The summed E-state index contributed by atoms with van der Waals surface area (Å²) in [5.74, 6) is -0.125. The fourth-order valence-corrected chi connectivity index (χ4v) is 2.31. The molecule has 0 aliphatic rings. The molecule has 0 amide bonds. The number of carbonyl (C=O) groups excluding carboxylic acids is 1. The van der Waals surface area contributed by atoms with Crippen molar-refractivity contribution >= 4 is 13.2 Å². The van der Waals surface area contributed by atoms with Crippen molar-refractivity contribution in [3.8, 4) is 0 Å². The molecular weight excluding hydrogens is 273 g/mol. The van der Waals surface area contributed by atoms with Crippen molar-refractivity contribution in [3.63, 3.8) is 0 Å². The highest BCUT2D eigenvalue weighted by Gasteiger charge is 2.36.